The van der Waals surface area contributed by atoms with E-state index >= 15 is 0 Å². The van der Waals surface area contributed by atoms with Crippen LogP contribution in [0.4, 0.5) is 5.69 Å². The quantitative estimate of drug-likeness (QED) is 0.743. The molecule has 110 valence electrons. The number of nitrogen functional groups attached to an aromatic ring is 1. The minimum Gasteiger partial charge on any atom is -0.398 e. The van der Waals surface area contributed by atoms with E-state index < -0.39 is 0 Å². The van der Waals surface area contributed by atoms with Crippen LogP contribution >= 0.6 is 0 Å². The molecule has 1 rings (SSSR count). The first kappa shape index (κ1) is 15.7. The van der Waals surface area contributed by atoms with Crippen LogP contribution in [0.25, 0.3) is 0 Å². The van der Waals surface area contributed by atoms with Gasteiger partial charge in [-0.05, 0) is 6.07 Å². The number of nitrogens with zero attached hydrogens (tertiary/aromatic N) is 2. The second kappa shape index (κ2) is 6.74. The van der Waals surface area contributed by atoms with Crippen molar-refractivity contribution in [3.05, 3.63) is 28.7 Å². The van der Waals surface area contributed by atoms with Gasteiger partial charge in [0.05, 0.1) is 5.92 Å². The molecule has 0 saturated carbocycles. The second-order valence-corrected chi connectivity index (χ2v) is 4.72. The van der Waals surface area contributed by atoms with Gasteiger partial charge >= 0.3 is 0 Å². The van der Waals surface area contributed by atoms with Crippen LogP contribution in [0, 0.1) is 5.92 Å². The van der Waals surface area contributed by atoms with E-state index in [0.29, 0.717) is 5.69 Å². The Morgan fingerprint density at radius 3 is 2.70 bits per heavy atom. The van der Waals surface area contributed by atoms with Gasteiger partial charge in [-0.3, -0.25) is 14.4 Å². The van der Waals surface area contributed by atoms with Crippen LogP contribution in [0.3, 0.4) is 0 Å². The third-order valence-electron chi connectivity index (χ3n) is 2.98. The molecular weight excluding hydrogens is 260 g/mol. The first-order chi connectivity index (χ1) is 9.35. The highest BCUT2D eigenvalue weighted by atomic mass is 16.2. The summed E-state index contributed by atoms with van der Waals surface area (Å²) in [6, 6.07) is 2.80. The Hall–Kier alpha value is -2.31. The Kier molecular flexibility index (Phi) is 5.31. The second-order valence-electron chi connectivity index (χ2n) is 4.72. The Labute approximate surface area is 117 Å². The number of aromatic nitrogens is 1. The van der Waals surface area contributed by atoms with Gasteiger partial charge in [0.1, 0.15) is 6.54 Å². The predicted octanol–water partition coefficient (Wildman–Crippen LogP) is -0.729. The fourth-order valence-electron chi connectivity index (χ4n) is 1.78. The molecule has 0 bridgehead atoms. The van der Waals surface area contributed by atoms with Crippen molar-refractivity contribution in [3.8, 4) is 0 Å². The van der Waals surface area contributed by atoms with Crippen molar-refractivity contribution in [3.63, 3.8) is 0 Å². The molecular formula is C13H20N4O3. The maximum Gasteiger partial charge on any atom is 0.251 e. The number of carbonyl (C=O) groups excluding carboxylic acids is 2. The van der Waals surface area contributed by atoms with Crippen LogP contribution in [0.2, 0.25) is 0 Å². The molecule has 1 aromatic rings. The van der Waals surface area contributed by atoms with Crippen molar-refractivity contribution < 1.29 is 9.59 Å². The molecule has 3 N–H and O–H groups in total. The molecule has 7 heteroatoms. The summed E-state index contributed by atoms with van der Waals surface area (Å²) in [5.41, 5.74) is 5.70. The van der Waals surface area contributed by atoms with E-state index in [0.717, 1.165) is 0 Å². The van der Waals surface area contributed by atoms with Crippen molar-refractivity contribution in [2.45, 2.75) is 13.5 Å². The van der Waals surface area contributed by atoms with E-state index in [1.807, 2.05) is 0 Å². The molecule has 0 aliphatic carbocycles. The molecule has 7 nitrogen and oxygen atoms in total. The summed E-state index contributed by atoms with van der Waals surface area (Å²) in [6.07, 6.45) is 1.43. The van der Waals surface area contributed by atoms with Gasteiger partial charge < -0.3 is 20.5 Å². The van der Waals surface area contributed by atoms with Crippen molar-refractivity contribution in [2.75, 3.05) is 26.4 Å². The summed E-state index contributed by atoms with van der Waals surface area (Å²) < 4.78 is 1.25. The van der Waals surface area contributed by atoms with Crippen LogP contribution in [-0.2, 0) is 16.1 Å². The molecule has 1 unspecified atom stereocenters. The van der Waals surface area contributed by atoms with E-state index in [1.165, 1.54) is 27.8 Å². The van der Waals surface area contributed by atoms with Crippen LogP contribution in [0.15, 0.2) is 23.1 Å². The molecule has 0 aromatic carbocycles. The van der Waals surface area contributed by atoms with Gasteiger partial charge in [-0.15, -0.1) is 0 Å². The van der Waals surface area contributed by atoms with Gasteiger partial charge in [0, 0.05) is 38.6 Å². The number of carbonyl (C=O) groups is 2. The monoisotopic (exact) mass is 280 g/mol. The fourth-order valence-corrected chi connectivity index (χ4v) is 1.78. The molecule has 1 heterocycles. The number of hydrogen-bond acceptors (Lipinski definition) is 4. The molecule has 0 spiro atoms. The first-order valence-electron chi connectivity index (χ1n) is 6.26. The number of amides is 2. The summed E-state index contributed by atoms with van der Waals surface area (Å²) in [5, 5.41) is 2.53. The molecule has 0 aliphatic heterocycles. The zero-order chi connectivity index (χ0) is 15.3. The lowest BCUT2D eigenvalue weighted by molar-refractivity contribution is -0.132. The highest BCUT2D eigenvalue weighted by Crippen LogP contribution is 2.01. The molecule has 1 atom stereocenters. The third kappa shape index (κ3) is 4.11. The first-order valence-corrected chi connectivity index (χ1v) is 6.26. The van der Waals surface area contributed by atoms with E-state index in [2.05, 4.69) is 5.32 Å². The average molecular weight is 280 g/mol. The Bertz CT molecular complexity index is 553. The van der Waals surface area contributed by atoms with Crippen LogP contribution in [0.5, 0.6) is 0 Å². The van der Waals surface area contributed by atoms with E-state index in [1.54, 1.807) is 21.0 Å². The standard InChI is InChI=1S/C13H20N4O3/c1-9(13(20)15-2)6-16(3)12(19)8-17-7-10(14)4-5-11(17)18/h4-5,7,9H,6,8,14H2,1-3H3,(H,15,20). The van der Waals surface area contributed by atoms with Gasteiger partial charge in [0.15, 0.2) is 0 Å². The highest BCUT2D eigenvalue weighted by molar-refractivity contribution is 5.80. The summed E-state index contributed by atoms with van der Waals surface area (Å²) >= 11 is 0. The molecule has 1 aromatic heterocycles. The smallest absolute Gasteiger partial charge is 0.251 e. The van der Waals surface area contributed by atoms with Crippen molar-refractivity contribution in [1.82, 2.24) is 14.8 Å². The number of pyridine rings is 1. The summed E-state index contributed by atoms with van der Waals surface area (Å²) in [5.74, 6) is -0.703. The van der Waals surface area contributed by atoms with Crippen molar-refractivity contribution in [2.24, 2.45) is 5.92 Å². The lowest BCUT2D eigenvalue weighted by Crippen LogP contribution is -2.39. The van der Waals surface area contributed by atoms with Gasteiger partial charge in [0.25, 0.3) is 5.56 Å². The van der Waals surface area contributed by atoms with Gasteiger partial charge in [-0.2, -0.15) is 0 Å². The molecule has 2 amide bonds. The van der Waals surface area contributed by atoms with Gasteiger partial charge in [0.2, 0.25) is 11.8 Å². The van der Waals surface area contributed by atoms with E-state index in [9.17, 15) is 14.4 Å². The summed E-state index contributed by atoms with van der Waals surface area (Å²) in [4.78, 5) is 36.4. The average Bonchev–Trinajstić information content (AvgIpc) is 2.41. The Morgan fingerprint density at radius 1 is 1.45 bits per heavy atom. The molecule has 0 radical (unpaired) electrons. The third-order valence-corrected chi connectivity index (χ3v) is 2.98. The topological polar surface area (TPSA) is 97.4 Å². The number of hydrogen-bond donors (Lipinski definition) is 2. The maximum atomic E-state index is 12.0. The van der Waals surface area contributed by atoms with E-state index in [-0.39, 0.29) is 36.4 Å². The summed E-state index contributed by atoms with van der Waals surface area (Å²) in [7, 11) is 3.14. The zero-order valence-electron chi connectivity index (χ0n) is 11.9. The van der Waals surface area contributed by atoms with Crippen LogP contribution in [0.1, 0.15) is 6.92 Å². The van der Waals surface area contributed by atoms with Crippen molar-refractivity contribution in [1.29, 1.82) is 0 Å². The lowest BCUT2D eigenvalue weighted by Gasteiger charge is -2.21. The van der Waals surface area contributed by atoms with Crippen LogP contribution in [-0.4, -0.2) is 41.9 Å². The highest BCUT2D eigenvalue weighted by Gasteiger charge is 2.17. The maximum absolute atomic E-state index is 12.0. The molecule has 0 fully saturated rings. The minimum atomic E-state index is -0.313. The summed E-state index contributed by atoms with van der Waals surface area (Å²) in [6.45, 7) is 1.92. The SMILES string of the molecule is CNC(=O)C(C)CN(C)C(=O)Cn1cc(N)ccc1=O. The number of anilines is 1. The zero-order valence-corrected chi connectivity index (χ0v) is 11.9. The predicted molar refractivity (Wildman–Crippen MR) is 76.0 cm³/mol. The molecule has 20 heavy (non-hydrogen) atoms. The fraction of sp³-hybridized carbons (Fsp3) is 0.462. The van der Waals surface area contributed by atoms with Crippen LogP contribution < -0.4 is 16.6 Å². The number of rotatable bonds is 5. The van der Waals surface area contributed by atoms with Crippen molar-refractivity contribution >= 4 is 17.5 Å². The Balaban J connectivity index is 2.69. The van der Waals surface area contributed by atoms with Gasteiger partial charge in [-0.1, -0.05) is 6.92 Å². The number of nitrogens with two attached hydrogens (primary N) is 1. The molecule has 0 saturated heterocycles. The number of nitrogens with one attached hydrogen (secondary N) is 1. The van der Waals surface area contributed by atoms with E-state index in [4.69, 9.17) is 5.73 Å². The largest absolute Gasteiger partial charge is 0.398 e. The number of likely N-dealkylation sites (N-methyl/N-ethyl adjacent to an activating group) is 1. The lowest BCUT2D eigenvalue weighted by atomic mass is 10.1. The Morgan fingerprint density at radius 2 is 2.10 bits per heavy atom. The minimum absolute atomic E-state index is 0.0964. The van der Waals surface area contributed by atoms with Gasteiger partial charge in [-0.25, -0.2) is 0 Å². The molecule has 0 aliphatic rings. The normalized spacial score (nSPS) is 11.8.